The first-order chi connectivity index (χ1) is 13.5. The van der Waals surface area contributed by atoms with Crippen LogP contribution in [0.5, 0.6) is 5.75 Å². The summed E-state index contributed by atoms with van der Waals surface area (Å²) < 4.78 is 5.84. The predicted octanol–water partition coefficient (Wildman–Crippen LogP) is 4.07. The molecule has 1 aliphatic heterocycles. The Hall–Kier alpha value is -2.67. The molecule has 1 fully saturated rings. The molecule has 0 saturated carbocycles. The van der Waals surface area contributed by atoms with Crippen molar-refractivity contribution < 1.29 is 19.4 Å². The Morgan fingerprint density at radius 1 is 1.29 bits per heavy atom. The molecular formula is C21H21BrN2O4. The maximum atomic E-state index is 12.8. The van der Waals surface area contributed by atoms with Crippen LogP contribution in [0.2, 0.25) is 0 Å². The van der Waals surface area contributed by atoms with Gasteiger partial charge in [-0.3, -0.25) is 14.6 Å². The molecule has 0 spiro atoms. The molecule has 28 heavy (non-hydrogen) atoms. The molecule has 1 atom stereocenters. The molecule has 1 amide bonds. The number of rotatable bonds is 6. The standard InChI is InChI=1S/C21H21BrN2O4/c1-3-4-11-24-18(15-7-5-6-10-23-15)17(20(26)21(24)27)19(25)13-8-9-16(28-2)14(22)12-13/h5-10,12,18,25H,3-4,11H2,1-2H3/b19-17-. The molecule has 1 aliphatic rings. The van der Waals surface area contributed by atoms with E-state index >= 15 is 0 Å². The van der Waals surface area contributed by atoms with Crippen molar-refractivity contribution >= 4 is 33.4 Å². The van der Waals surface area contributed by atoms with Gasteiger partial charge in [0.15, 0.2) is 0 Å². The molecule has 2 heterocycles. The number of likely N-dealkylation sites (tertiary alicyclic amines) is 1. The minimum absolute atomic E-state index is 0.0527. The van der Waals surface area contributed by atoms with E-state index in [-0.39, 0.29) is 11.3 Å². The van der Waals surface area contributed by atoms with Crippen LogP contribution in [-0.4, -0.2) is 40.3 Å². The number of aromatic nitrogens is 1. The van der Waals surface area contributed by atoms with Gasteiger partial charge in [-0.05, 0) is 52.7 Å². The molecule has 7 heteroatoms. The number of hydrogen-bond donors (Lipinski definition) is 1. The van der Waals surface area contributed by atoms with E-state index in [0.29, 0.717) is 28.0 Å². The summed E-state index contributed by atoms with van der Waals surface area (Å²) in [5.74, 6) is -0.938. The first kappa shape index (κ1) is 20.1. The number of carbonyl (C=O) groups is 2. The fourth-order valence-corrected chi connectivity index (χ4v) is 3.79. The lowest BCUT2D eigenvalue weighted by Gasteiger charge is -2.24. The first-order valence-corrected chi connectivity index (χ1v) is 9.82. The van der Waals surface area contributed by atoms with Gasteiger partial charge in [0.1, 0.15) is 17.6 Å². The number of ketones is 1. The summed E-state index contributed by atoms with van der Waals surface area (Å²) in [6.07, 6.45) is 3.24. The number of ether oxygens (including phenoxy) is 1. The first-order valence-electron chi connectivity index (χ1n) is 9.02. The quantitative estimate of drug-likeness (QED) is 0.412. The summed E-state index contributed by atoms with van der Waals surface area (Å²) >= 11 is 3.38. The van der Waals surface area contributed by atoms with E-state index in [4.69, 9.17) is 4.74 Å². The van der Waals surface area contributed by atoms with Crippen LogP contribution >= 0.6 is 15.9 Å². The Labute approximate surface area is 172 Å². The van der Waals surface area contributed by atoms with Crippen molar-refractivity contribution in [2.75, 3.05) is 13.7 Å². The number of pyridine rings is 1. The monoisotopic (exact) mass is 444 g/mol. The van der Waals surface area contributed by atoms with Gasteiger partial charge in [-0.1, -0.05) is 19.4 Å². The number of amides is 1. The second-order valence-corrected chi connectivity index (χ2v) is 7.30. The van der Waals surface area contributed by atoms with Crippen LogP contribution in [0.15, 0.2) is 52.6 Å². The van der Waals surface area contributed by atoms with E-state index in [1.54, 1.807) is 49.7 Å². The molecule has 2 aromatic rings. The Balaban J connectivity index is 2.15. The molecule has 0 aliphatic carbocycles. The molecule has 1 saturated heterocycles. The molecule has 1 aromatic heterocycles. The lowest BCUT2D eigenvalue weighted by atomic mass is 9.98. The molecule has 1 unspecified atom stereocenters. The second kappa shape index (κ2) is 8.56. The Bertz CT molecular complexity index is 927. The maximum Gasteiger partial charge on any atom is 0.295 e. The van der Waals surface area contributed by atoms with Crippen molar-refractivity contribution in [2.45, 2.75) is 25.8 Å². The zero-order chi connectivity index (χ0) is 20.3. The second-order valence-electron chi connectivity index (χ2n) is 6.45. The van der Waals surface area contributed by atoms with Gasteiger partial charge in [-0.2, -0.15) is 0 Å². The highest BCUT2D eigenvalue weighted by atomic mass is 79.9. The summed E-state index contributed by atoms with van der Waals surface area (Å²) in [4.78, 5) is 31.3. The van der Waals surface area contributed by atoms with Crippen LogP contribution in [0.4, 0.5) is 0 Å². The van der Waals surface area contributed by atoms with Gasteiger partial charge in [0.2, 0.25) is 0 Å². The van der Waals surface area contributed by atoms with E-state index < -0.39 is 17.7 Å². The average Bonchev–Trinajstić information content (AvgIpc) is 2.97. The lowest BCUT2D eigenvalue weighted by molar-refractivity contribution is -0.140. The third kappa shape index (κ3) is 3.67. The topological polar surface area (TPSA) is 79.7 Å². The zero-order valence-corrected chi connectivity index (χ0v) is 17.3. The Kier molecular flexibility index (Phi) is 6.14. The molecule has 6 nitrogen and oxygen atoms in total. The van der Waals surface area contributed by atoms with E-state index in [1.165, 1.54) is 4.90 Å². The Morgan fingerprint density at radius 2 is 2.07 bits per heavy atom. The van der Waals surface area contributed by atoms with Crippen molar-refractivity contribution in [3.63, 3.8) is 0 Å². The van der Waals surface area contributed by atoms with E-state index in [2.05, 4.69) is 20.9 Å². The van der Waals surface area contributed by atoms with Gasteiger partial charge >= 0.3 is 0 Å². The van der Waals surface area contributed by atoms with Crippen LogP contribution in [0, 0.1) is 0 Å². The number of Topliss-reactive ketones (excluding diaryl/α,β-unsaturated/α-hetero) is 1. The van der Waals surface area contributed by atoms with E-state index in [9.17, 15) is 14.7 Å². The highest BCUT2D eigenvalue weighted by molar-refractivity contribution is 9.10. The van der Waals surface area contributed by atoms with Crippen molar-refractivity contribution in [2.24, 2.45) is 0 Å². The van der Waals surface area contributed by atoms with Gasteiger partial charge in [0.25, 0.3) is 11.7 Å². The summed E-state index contributed by atoms with van der Waals surface area (Å²) in [5, 5.41) is 11.0. The highest BCUT2D eigenvalue weighted by Gasteiger charge is 2.46. The van der Waals surface area contributed by atoms with Gasteiger partial charge < -0.3 is 14.7 Å². The van der Waals surface area contributed by atoms with Crippen LogP contribution < -0.4 is 4.74 Å². The van der Waals surface area contributed by atoms with Crippen LogP contribution in [0.3, 0.4) is 0 Å². The van der Waals surface area contributed by atoms with E-state index in [0.717, 1.165) is 12.8 Å². The minimum Gasteiger partial charge on any atom is -0.507 e. The minimum atomic E-state index is -0.714. The molecule has 0 radical (unpaired) electrons. The SMILES string of the molecule is CCCCN1C(=O)C(=O)/C(=C(\O)c2ccc(OC)c(Br)c2)C1c1ccccn1. The van der Waals surface area contributed by atoms with Crippen molar-refractivity contribution in [3.05, 3.63) is 63.9 Å². The van der Waals surface area contributed by atoms with Crippen molar-refractivity contribution in [1.29, 1.82) is 0 Å². The number of methoxy groups -OCH3 is 1. The number of aliphatic hydroxyl groups excluding tert-OH is 1. The van der Waals surface area contributed by atoms with Crippen molar-refractivity contribution in [3.8, 4) is 5.75 Å². The predicted molar refractivity (Wildman–Crippen MR) is 109 cm³/mol. The zero-order valence-electron chi connectivity index (χ0n) is 15.7. The lowest BCUT2D eigenvalue weighted by Crippen LogP contribution is -2.31. The molecule has 1 N–H and O–H groups in total. The third-order valence-electron chi connectivity index (χ3n) is 4.69. The largest absolute Gasteiger partial charge is 0.507 e. The number of unbranched alkanes of at least 4 members (excludes halogenated alkanes) is 1. The number of halogens is 1. The number of hydrogen-bond acceptors (Lipinski definition) is 5. The summed E-state index contributed by atoms with van der Waals surface area (Å²) in [7, 11) is 1.54. The highest BCUT2D eigenvalue weighted by Crippen LogP contribution is 2.39. The molecule has 1 aromatic carbocycles. The number of benzene rings is 1. The van der Waals surface area contributed by atoms with Crippen LogP contribution in [0.25, 0.3) is 5.76 Å². The summed E-state index contributed by atoms with van der Waals surface area (Å²) in [6.45, 7) is 2.44. The van der Waals surface area contributed by atoms with Gasteiger partial charge in [-0.25, -0.2) is 0 Å². The molecule has 0 bridgehead atoms. The smallest absolute Gasteiger partial charge is 0.295 e. The third-order valence-corrected chi connectivity index (χ3v) is 5.31. The average molecular weight is 445 g/mol. The number of carbonyl (C=O) groups excluding carboxylic acids is 2. The summed E-state index contributed by atoms with van der Waals surface area (Å²) in [6, 6.07) is 9.59. The molecule has 146 valence electrons. The van der Waals surface area contributed by atoms with Gasteiger partial charge in [0, 0.05) is 18.3 Å². The van der Waals surface area contributed by atoms with Gasteiger partial charge in [0.05, 0.1) is 22.8 Å². The fourth-order valence-electron chi connectivity index (χ4n) is 3.25. The van der Waals surface area contributed by atoms with Gasteiger partial charge in [-0.15, -0.1) is 0 Å². The Morgan fingerprint density at radius 3 is 2.68 bits per heavy atom. The van der Waals surface area contributed by atoms with Crippen LogP contribution in [0.1, 0.15) is 37.1 Å². The number of nitrogens with zero attached hydrogens (tertiary/aromatic N) is 2. The molecule has 3 rings (SSSR count). The molecular weight excluding hydrogens is 424 g/mol. The normalized spacial score (nSPS) is 18.5. The van der Waals surface area contributed by atoms with Crippen LogP contribution in [-0.2, 0) is 9.59 Å². The van der Waals surface area contributed by atoms with Crippen molar-refractivity contribution in [1.82, 2.24) is 9.88 Å². The van der Waals surface area contributed by atoms with E-state index in [1.807, 2.05) is 6.92 Å². The summed E-state index contributed by atoms with van der Waals surface area (Å²) in [5.41, 5.74) is 1.02. The fraction of sp³-hybridized carbons (Fsp3) is 0.286. The number of aliphatic hydroxyl groups is 1. The maximum absolute atomic E-state index is 12.8.